The molecule has 0 bridgehead atoms. The third-order valence-corrected chi connectivity index (χ3v) is 4.32. The van der Waals surface area contributed by atoms with E-state index in [1.54, 1.807) is 12.1 Å². The minimum Gasteiger partial charge on any atom is -0.420 e. The number of benzene rings is 2. The Morgan fingerprint density at radius 3 is 2.30 bits per heavy atom. The number of carbonyl (C=O) groups excluding carboxylic acids is 1. The molecule has 1 aliphatic rings. The predicted molar refractivity (Wildman–Crippen MR) is 83.6 cm³/mol. The van der Waals surface area contributed by atoms with Gasteiger partial charge in [-0.3, -0.25) is 0 Å². The van der Waals surface area contributed by atoms with Crippen LogP contribution in [0.4, 0.5) is 8.78 Å². The highest BCUT2D eigenvalue weighted by Gasteiger charge is 2.17. The zero-order chi connectivity index (χ0) is 16.2. The molecule has 2 aromatic rings. The Hall–Kier alpha value is -2.23. The molecule has 1 fully saturated rings. The van der Waals surface area contributed by atoms with Crippen LogP contribution in [0, 0.1) is 11.6 Å². The van der Waals surface area contributed by atoms with E-state index in [1.165, 1.54) is 37.7 Å². The van der Waals surface area contributed by atoms with Gasteiger partial charge in [-0.2, -0.15) is 0 Å². The molecule has 0 radical (unpaired) electrons. The Labute approximate surface area is 134 Å². The van der Waals surface area contributed by atoms with Crippen LogP contribution in [0.15, 0.2) is 42.5 Å². The first-order valence-electron chi connectivity index (χ1n) is 7.90. The number of hydrogen-bond donors (Lipinski definition) is 0. The molecule has 1 aliphatic carbocycles. The molecule has 0 spiro atoms. The third kappa shape index (κ3) is 3.76. The van der Waals surface area contributed by atoms with Gasteiger partial charge in [0, 0.05) is 6.07 Å². The van der Waals surface area contributed by atoms with E-state index in [0.717, 1.165) is 12.1 Å². The van der Waals surface area contributed by atoms with Crippen LogP contribution < -0.4 is 4.74 Å². The zero-order valence-corrected chi connectivity index (χ0v) is 12.7. The minimum absolute atomic E-state index is 0.271. The van der Waals surface area contributed by atoms with Crippen LogP contribution in [0.5, 0.6) is 5.75 Å². The Morgan fingerprint density at radius 1 is 0.957 bits per heavy atom. The summed E-state index contributed by atoms with van der Waals surface area (Å²) in [6, 6.07) is 10.1. The van der Waals surface area contributed by atoms with E-state index < -0.39 is 17.6 Å². The number of carbonyl (C=O) groups is 1. The first-order valence-corrected chi connectivity index (χ1v) is 7.90. The molecule has 0 saturated heterocycles. The second kappa shape index (κ2) is 6.90. The van der Waals surface area contributed by atoms with Gasteiger partial charge in [0.25, 0.3) is 0 Å². The van der Waals surface area contributed by atoms with Gasteiger partial charge in [0.1, 0.15) is 5.82 Å². The van der Waals surface area contributed by atoms with Gasteiger partial charge in [-0.15, -0.1) is 0 Å². The molecule has 0 aromatic heterocycles. The quantitative estimate of drug-likeness (QED) is 0.572. The Kier molecular flexibility index (Phi) is 4.70. The molecule has 0 amide bonds. The molecule has 23 heavy (non-hydrogen) atoms. The minimum atomic E-state index is -0.892. The van der Waals surface area contributed by atoms with Crippen molar-refractivity contribution in [3.8, 4) is 5.75 Å². The maximum Gasteiger partial charge on any atom is 0.343 e. The second-order valence-electron chi connectivity index (χ2n) is 5.92. The molecule has 2 nitrogen and oxygen atoms in total. The molecule has 3 rings (SSSR count). The molecule has 0 aliphatic heterocycles. The van der Waals surface area contributed by atoms with Gasteiger partial charge in [-0.25, -0.2) is 13.6 Å². The third-order valence-electron chi connectivity index (χ3n) is 4.32. The molecular formula is C19H18F2O2. The number of hydrogen-bond acceptors (Lipinski definition) is 2. The Bertz CT molecular complexity index is 689. The average molecular weight is 316 g/mol. The highest BCUT2D eigenvalue weighted by molar-refractivity contribution is 5.91. The lowest BCUT2D eigenvalue weighted by atomic mass is 9.84. The van der Waals surface area contributed by atoms with Crippen molar-refractivity contribution in [2.75, 3.05) is 0 Å². The van der Waals surface area contributed by atoms with E-state index in [9.17, 15) is 13.6 Å². The Balaban J connectivity index is 1.69. The monoisotopic (exact) mass is 316 g/mol. The van der Waals surface area contributed by atoms with Crippen molar-refractivity contribution in [3.63, 3.8) is 0 Å². The number of rotatable bonds is 3. The lowest BCUT2D eigenvalue weighted by Gasteiger charge is -2.21. The second-order valence-corrected chi connectivity index (χ2v) is 5.92. The molecular weight excluding hydrogens is 298 g/mol. The van der Waals surface area contributed by atoms with E-state index in [1.807, 2.05) is 12.1 Å². The lowest BCUT2D eigenvalue weighted by Crippen LogP contribution is -2.10. The van der Waals surface area contributed by atoms with Crippen molar-refractivity contribution in [1.29, 1.82) is 0 Å². The summed E-state index contributed by atoms with van der Waals surface area (Å²) in [5.41, 5.74) is 1.59. The first-order chi connectivity index (χ1) is 11.1. The van der Waals surface area contributed by atoms with Gasteiger partial charge >= 0.3 is 5.97 Å². The van der Waals surface area contributed by atoms with Crippen molar-refractivity contribution < 1.29 is 18.3 Å². The van der Waals surface area contributed by atoms with Crippen molar-refractivity contribution in [3.05, 3.63) is 65.2 Å². The summed E-state index contributed by atoms with van der Waals surface area (Å²) in [5, 5.41) is 0. The Morgan fingerprint density at radius 2 is 1.65 bits per heavy atom. The standard InChI is InChI=1S/C19H18F2O2/c20-16-10-11-18(17(21)12-16)23-19(22)15-8-6-14(7-9-15)13-4-2-1-3-5-13/h6-13H,1-5H2. The van der Waals surface area contributed by atoms with Crippen LogP contribution in [-0.2, 0) is 0 Å². The SMILES string of the molecule is O=C(Oc1ccc(F)cc1F)c1ccc(C2CCCCC2)cc1. The molecule has 0 atom stereocenters. The maximum absolute atomic E-state index is 13.5. The maximum atomic E-state index is 13.5. The van der Waals surface area contributed by atoms with Crippen LogP contribution in [0.1, 0.15) is 53.9 Å². The number of esters is 1. The van der Waals surface area contributed by atoms with Crippen molar-refractivity contribution in [2.24, 2.45) is 0 Å². The van der Waals surface area contributed by atoms with E-state index in [0.29, 0.717) is 17.5 Å². The summed E-state index contributed by atoms with van der Waals surface area (Å²) in [7, 11) is 0. The molecule has 4 heteroatoms. The van der Waals surface area contributed by atoms with Gasteiger partial charge in [-0.05, 0) is 48.6 Å². The summed E-state index contributed by atoms with van der Waals surface area (Å²) in [4.78, 5) is 12.1. The van der Waals surface area contributed by atoms with Crippen LogP contribution in [0.3, 0.4) is 0 Å². The van der Waals surface area contributed by atoms with E-state index in [2.05, 4.69) is 0 Å². The van der Waals surface area contributed by atoms with Gasteiger partial charge in [0.05, 0.1) is 5.56 Å². The highest BCUT2D eigenvalue weighted by Crippen LogP contribution is 2.32. The van der Waals surface area contributed by atoms with Gasteiger partial charge in [-0.1, -0.05) is 31.4 Å². The van der Waals surface area contributed by atoms with Crippen molar-refractivity contribution in [2.45, 2.75) is 38.0 Å². The van der Waals surface area contributed by atoms with E-state index in [4.69, 9.17) is 4.74 Å². The fourth-order valence-corrected chi connectivity index (χ4v) is 3.04. The van der Waals surface area contributed by atoms with Crippen LogP contribution in [0.2, 0.25) is 0 Å². The molecule has 0 unspecified atom stereocenters. The number of ether oxygens (including phenoxy) is 1. The fraction of sp³-hybridized carbons (Fsp3) is 0.316. The van der Waals surface area contributed by atoms with Crippen molar-refractivity contribution in [1.82, 2.24) is 0 Å². The van der Waals surface area contributed by atoms with E-state index in [-0.39, 0.29) is 5.75 Å². The van der Waals surface area contributed by atoms with Crippen LogP contribution in [0.25, 0.3) is 0 Å². The summed E-state index contributed by atoms with van der Waals surface area (Å²) >= 11 is 0. The molecule has 0 N–H and O–H groups in total. The molecule has 120 valence electrons. The summed E-state index contributed by atoms with van der Waals surface area (Å²) in [6.07, 6.45) is 6.16. The average Bonchev–Trinajstić information content (AvgIpc) is 2.58. The van der Waals surface area contributed by atoms with E-state index >= 15 is 0 Å². The lowest BCUT2D eigenvalue weighted by molar-refractivity contribution is 0.0727. The van der Waals surface area contributed by atoms with Gasteiger partial charge in [0.2, 0.25) is 0 Å². The fourth-order valence-electron chi connectivity index (χ4n) is 3.04. The molecule has 1 saturated carbocycles. The smallest absolute Gasteiger partial charge is 0.343 e. The molecule has 0 heterocycles. The summed E-state index contributed by atoms with van der Waals surface area (Å²) in [5.74, 6) is -1.96. The zero-order valence-electron chi connectivity index (χ0n) is 12.7. The topological polar surface area (TPSA) is 26.3 Å². The summed E-state index contributed by atoms with van der Waals surface area (Å²) < 4.78 is 31.4. The normalized spacial score (nSPS) is 15.4. The van der Waals surface area contributed by atoms with Gasteiger partial charge < -0.3 is 4.74 Å². The predicted octanol–water partition coefficient (Wildman–Crippen LogP) is 5.23. The molecule has 2 aromatic carbocycles. The van der Waals surface area contributed by atoms with Crippen LogP contribution in [-0.4, -0.2) is 5.97 Å². The van der Waals surface area contributed by atoms with Gasteiger partial charge in [0.15, 0.2) is 11.6 Å². The summed E-state index contributed by atoms with van der Waals surface area (Å²) in [6.45, 7) is 0. The first kappa shape index (κ1) is 15.7. The number of halogens is 2. The highest BCUT2D eigenvalue weighted by atomic mass is 19.1. The van der Waals surface area contributed by atoms with Crippen LogP contribution >= 0.6 is 0 Å². The largest absolute Gasteiger partial charge is 0.420 e. The van der Waals surface area contributed by atoms with Crippen molar-refractivity contribution >= 4 is 5.97 Å².